The molecule has 0 radical (unpaired) electrons. The summed E-state index contributed by atoms with van der Waals surface area (Å²) >= 11 is 0. The van der Waals surface area contributed by atoms with Crippen molar-refractivity contribution in [3.8, 4) is 11.3 Å². The molecular weight excluding hydrogens is 193 g/mol. The van der Waals surface area contributed by atoms with Gasteiger partial charge in [-0.25, -0.2) is 4.39 Å². The Balaban J connectivity index is 2.37. The van der Waals surface area contributed by atoms with Crippen LogP contribution in [0.2, 0.25) is 0 Å². The first-order chi connectivity index (χ1) is 7.16. The topological polar surface area (TPSA) is 41.6 Å². The van der Waals surface area contributed by atoms with Gasteiger partial charge in [0.25, 0.3) is 0 Å². The number of pyridine rings is 1. The van der Waals surface area contributed by atoms with E-state index < -0.39 is 0 Å². The third-order valence-electron chi connectivity index (χ3n) is 2.21. The first kappa shape index (κ1) is 9.83. The Kier molecular flexibility index (Phi) is 2.49. The van der Waals surface area contributed by atoms with E-state index in [4.69, 9.17) is 0 Å². The SMILES string of the molecule is CC(C)c1cc(-c2cncc(F)c2)[nH]n1. The number of rotatable bonds is 2. The lowest BCUT2D eigenvalue weighted by molar-refractivity contribution is 0.622. The van der Waals surface area contributed by atoms with Gasteiger partial charge in [-0.15, -0.1) is 0 Å². The lowest BCUT2D eigenvalue weighted by Crippen LogP contribution is -1.85. The summed E-state index contributed by atoms with van der Waals surface area (Å²) in [6, 6.07) is 3.35. The molecule has 2 rings (SSSR count). The molecular formula is C11H12FN3. The molecule has 0 bridgehead atoms. The zero-order valence-electron chi connectivity index (χ0n) is 8.66. The van der Waals surface area contributed by atoms with Crippen molar-refractivity contribution in [2.45, 2.75) is 19.8 Å². The first-order valence-electron chi connectivity index (χ1n) is 4.83. The molecule has 0 atom stereocenters. The van der Waals surface area contributed by atoms with E-state index in [0.29, 0.717) is 5.92 Å². The quantitative estimate of drug-likeness (QED) is 0.819. The van der Waals surface area contributed by atoms with Gasteiger partial charge in [0.05, 0.1) is 17.6 Å². The second kappa shape index (κ2) is 3.81. The number of hydrogen-bond donors (Lipinski definition) is 1. The minimum absolute atomic E-state index is 0.340. The molecule has 0 unspecified atom stereocenters. The zero-order chi connectivity index (χ0) is 10.8. The highest BCUT2D eigenvalue weighted by atomic mass is 19.1. The smallest absolute Gasteiger partial charge is 0.142 e. The van der Waals surface area contributed by atoms with E-state index in [1.807, 2.05) is 6.07 Å². The molecule has 2 heterocycles. The van der Waals surface area contributed by atoms with Crippen LogP contribution in [0.15, 0.2) is 24.5 Å². The maximum Gasteiger partial charge on any atom is 0.142 e. The lowest BCUT2D eigenvalue weighted by Gasteiger charge is -1.96. The fraction of sp³-hybridized carbons (Fsp3) is 0.273. The van der Waals surface area contributed by atoms with Crippen LogP contribution in [-0.2, 0) is 0 Å². The summed E-state index contributed by atoms with van der Waals surface area (Å²) < 4.78 is 12.9. The molecule has 0 aromatic carbocycles. The van der Waals surface area contributed by atoms with Crippen LogP contribution in [0.4, 0.5) is 4.39 Å². The maximum atomic E-state index is 12.9. The van der Waals surface area contributed by atoms with Crippen LogP contribution in [0.25, 0.3) is 11.3 Å². The Hall–Kier alpha value is -1.71. The summed E-state index contributed by atoms with van der Waals surface area (Å²) in [5.41, 5.74) is 2.48. The molecule has 0 saturated heterocycles. The molecule has 4 heteroatoms. The summed E-state index contributed by atoms with van der Waals surface area (Å²) in [7, 11) is 0. The molecule has 0 spiro atoms. The number of H-pyrrole nitrogens is 1. The van der Waals surface area contributed by atoms with Crippen LogP contribution in [0.3, 0.4) is 0 Å². The average molecular weight is 205 g/mol. The Bertz CT molecular complexity index is 462. The highest BCUT2D eigenvalue weighted by Crippen LogP contribution is 2.20. The Morgan fingerprint density at radius 3 is 2.67 bits per heavy atom. The normalized spacial score (nSPS) is 10.9. The highest BCUT2D eigenvalue weighted by Gasteiger charge is 2.07. The lowest BCUT2D eigenvalue weighted by atomic mass is 10.1. The van der Waals surface area contributed by atoms with E-state index in [9.17, 15) is 4.39 Å². The van der Waals surface area contributed by atoms with Gasteiger partial charge in [-0.05, 0) is 18.1 Å². The Morgan fingerprint density at radius 2 is 2.07 bits per heavy atom. The molecule has 0 saturated carbocycles. The van der Waals surface area contributed by atoms with E-state index >= 15 is 0 Å². The Morgan fingerprint density at radius 1 is 1.27 bits per heavy atom. The van der Waals surface area contributed by atoms with Crippen molar-refractivity contribution in [3.05, 3.63) is 36.0 Å². The summed E-state index contributed by atoms with van der Waals surface area (Å²) in [5.74, 6) is 0.0183. The van der Waals surface area contributed by atoms with Crippen molar-refractivity contribution < 1.29 is 4.39 Å². The van der Waals surface area contributed by atoms with Gasteiger partial charge in [-0.3, -0.25) is 10.1 Å². The highest BCUT2D eigenvalue weighted by molar-refractivity contribution is 5.57. The predicted molar refractivity (Wildman–Crippen MR) is 55.9 cm³/mol. The molecule has 0 aliphatic rings. The van der Waals surface area contributed by atoms with E-state index in [0.717, 1.165) is 17.0 Å². The molecule has 2 aromatic rings. The zero-order valence-corrected chi connectivity index (χ0v) is 8.66. The van der Waals surface area contributed by atoms with E-state index in [2.05, 4.69) is 29.0 Å². The van der Waals surface area contributed by atoms with E-state index in [1.54, 1.807) is 6.20 Å². The van der Waals surface area contributed by atoms with Crippen molar-refractivity contribution >= 4 is 0 Å². The van der Waals surface area contributed by atoms with Gasteiger partial charge in [0.15, 0.2) is 0 Å². The van der Waals surface area contributed by atoms with Gasteiger partial charge in [-0.2, -0.15) is 5.10 Å². The minimum Gasteiger partial charge on any atom is -0.278 e. The molecule has 2 aromatic heterocycles. The molecule has 0 fully saturated rings. The van der Waals surface area contributed by atoms with Crippen LogP contribution in [0, 0.1) is 5.82 Å². The summed E-state index contributed by atoms with van der Waals surface area (Å²) in [6.45, 7) is 4.12. The maximum absolute atomic E-state index is 12.9. The van der Waals surface area contributed by atoms with E-state index in [-0.39, 0.29) is 5.82 Å². The molecule has 3 nitrogen and oxygen atoms in total. The van der Waals surface area contributed by atoms with Gasteiger partial charge in [0.2, 0.25) is 0 Å². The van der Waals surface area contributed by atoms with Crippen LogP contribution in [-0.4, -0.2) is 15.2 Å². The summed E-state index contributed by atoms with van der Waals surface area (Å²) in [5, 5.41) is 7.02. The van der Waals surface area contributed by atoms with Crippen molar-refractivity contribution in [1.82, 2.24) is 15.2 Å². The van der Waals surface area contributed by atoms with Crippen molar-refractivity contribution in [2.24, 2.45) is 0 Å². The van der Waals surface area contributed by atoms with Gasteiger partial charge in [-0.1, -0.05) is 13.8 Å². The molecule has 0 amide bonds. The van der Waals surface area contributed by atoms with Gasteiger partial charge in [0.1, 0.15) is 5.82 Å². The molecule has 0 aliphatic heterocycles. The van der Waals surface area contributed by atoms with Crippen LogP contribution in [0.5, 0.6) is 0 Å². The van der Waals surface area contributed by atoms with Crippen molar-refractivity contribution in [3.63, 3.8) is 0 Å². The molecule has 0 aliphatic carbocycles. The average Bonchev–Trinajstić information content (AvgIpc) is 2.66. The largest absolute Gasteiger partial charge is 0.278 e. The van der Waals surface area contributed by atoms with Gasteiger partial charge >= 0.3 is 0 Å². The number of aromatic nitrogens is 3. The minimum atomic E-state index is -0.340. The third kappa shape index (κ3) is 2.03. The summed E-state index contributed by atoms with van der Waals surface area (Å²) in [6.07, 6.45) is 2.80. The third-order valence-corrected chi connectivity index (χ3v) is 2.21. The second-order valence-electron chi connectivity index (χ2n) is 3.75. The number of aromatic amines is 1. The fourth-order valence-electron chi connectivity index (χ4n) is 1.34. The second-order valence-corrected chi connectivity index (χ2v) is 3.75. The first-order valence-corrected chi connectivity index (χ1v) is 4.83. The summed E-state index contributed by atoms with van der Waals surface area (Å²) in [4.78, 5) is 3.79. The fourth-order valence-corrected chi connectivity index (χ4v) is 1.34. The number of hydrogen-bond acceptors (Lipinski definition) is 2. The van der Waals surface area contributed by atoms with Crippen LogP contribution in [0.1, 0.15) is 25.5 Å². The standard InChI is InChI=1S/C11H12FN3/c1-7(2)10-4-11(15-14-10)8-3-9(12)6-13-5-8/h3-7H,1-2H3,(H,14,15). The van der Waals surface area contributed by atoms with Crippen LogP contribution < -0.4 is 0 Å². The molecule has 78 valence electrons. The van der Waals surface area contributed by atoms with Crippen molar-refractivity contribution in [2.75, 3.05) is 0 Å². The Labute approximate surface area is 87.4 Å². The number of nitrogens with zero attached hydrogens (tertiary/aromatic N) is 2. The van der Waals surface area contributed by atoms with Gasteiger partial charge in [0, 0.05) is 11.8 Å². The van der Waals surface area contributed by atoms with Crippen molar-refractivity contribution in [1.29, 1.82) is 0 Å². The van der Waals surface area contributed by atoms with Gasteiger partial charge < -0.3 is 0 Å². The number of nitrogens with one attached hydrogen (secondary N) is 1. The van der Waals surface area contributed by atoms with Crippen LogP contribution >= 0.6 is 0 Å². The predicted octanol–water partition coefficient (Wildman–Crippen LogP) is 2.73. The number of halogens is 1. The monoisotopic (exact) mass is 205 g/mol. The molecule has 1 N–H and O–H groups in total. The van der Waals surface area contributed by atoms with E-state index in [1.165, 1.54) is 12.3 Å². The molecule has 15 heavy (non-hydrogen) atoms.